The summed E-state index contributed by atoms with van der Waals surface area (Å²) in [6.45, 7) is 5.00. The second kappa shape index (κ2) is 10.9. The fourth-order valence-corrected chi connectivity index (χ4v) is 1.75. The Morgan fingerprint density at radius 2 is 1.86 bits per heavy atom. The van der Waals surface area contributed by atoms with Crippen LogP contribution in [0.15, 0.2) is 29.4 Å². The van der Waals surface area contributed by atoms with Crippen molar-refractivity contribution >= 4 is 12.1 Å². The molecule has 0 aliphatic carbocycles. The second-order valence-electron chi connectivity index (χ2n) is 5.02. The molecular formula is C17H26N2O2. The molecule has 1 amide bonds. The minimum absolute atomic E-state index is 0.0285. The molecule has 4 heteroatoms. The van der Waals surface area contributed by atoms with Gasteiger partial charge in [-0.3, -0.25) is 4.79 Å². The lowest BCUT2D eigenvalue weighted by molar-refractivity contribution is -0.121. The van der Waals surface area contributed by atoms with Crippen LogP contribution in [-0.4, -0.2) is 18.7 Å². The van der Waals surface area contributed by atoms with Crippen molar-refractivity contribution in [1.29, 1.82) is 0 Å². The Kier molecular flexibility index (Phi) is 8.93. The van der Waals surface area contributed by atoms with Gasteiger partial charge in [-0.25, -0.2) is 5.43 Å². The monoisotopic (exact) mass is 290 g/mol. The molecule has 21 heavy (non-hydrogen) atoms. The molecule has 1 N–H and O–H groups in total. The molecule has 1 rings (SSSR count). The highest BCUT2D eigenvalue weighted by molar-refractivity contribution is 5.82. The first-order chi connectivity index (χ1) is 10.3. The van der Waals surface area contributed by atoms with Crippen molar-refractivity contribution in [3.8, 4) is 5.75 Å². The number of hydrogen-bond donors (Lipinski definition) is 1. The number of benzene rings is 1. The Morgan fingerprint density at radius 1 is 1.14 bits per heavy atom. The van der Waals surface area contributed by atoms with Crippen LogP contribution in [-0.2, 0) is 4.79 Å². The van der Waals surface area contributed by atoms with E-state index in [4.69, 9.17) is 4.74 Å². The number of rotatable bonds is 10. The maximum Gasteiger partial charge on any atom is 0.240 e. The van der Waals surface area contributed by atoms with E-state index in [9.17, 15) is 4.79 Å². The zero-order valence-electron chi connectivity index (χ0n) is 13.1. The lowest BCUT2D eigenvalue weighted by atomic mass is 10.2. The van der Waals surface area contributed by atoms with Crippen LogP contribution in [0.5, 0.6) is 5.75 Å². The summed E-state index contributed by atoms with van der Waals surface area (Å²) in [5.74, 6) is 0.837. The first kappa shape index (κ1) is 17.2. The van der Waals surface area contributed by atoms with Crippen molar-refractivity contribution in [2.75, 3.05) is 6.61 Å². The number of amides is 1. The van der Waals surface area contributed by atoms with Crippen LogP contribution < -0.4 is 10.2 Å². The Balaban J connectivity index is 2.30. The van der Waals surface area contributed by atoms with E-state index in [1.807, 2.05) is 24.3 Å². The highest BCUT2D eigenvalue weighted by Crippen LogP contribution is 2.11. The van der Waals surface area contributed by atoms with Crippen LogP contribution in [0.3, 0.4) is 0 Å². The van der Waals surface area contributed by atoms with Crippen molar-refractivity contribution < 1.29 is 9.53 Å². The number of carbonyl (C=O) groups excluding carboxylic acids is 1. The van der Waals surface area contributed by atoms with Gasteiger partial charge in [0, 0.05) is 6.42 Å². The molecule has 4 nitrogen and oxygen atoms in total. The van der Waals surface area contributed by atoms with Gasteiger partial charge in [0.05, 0.1) is 12.8 Å². The van der Waals surface area contributed by atoms with Crippen LogP contribution in [0, 0.1) is 0 Å². The Bertz CT molecular complexity index is 427. The summed E-state index contributed by atoms with van der Waals surface area (Å²) in [4.78, 5) is 11.5. The molecule has 0 bridgehead atoms. The molecule has 1 aromatic rings. The molecule has 0 unspecified atom stereocenters. The number of hydrogen-bond acceptors (Lipinski definition) is 3. The first-order valence-corrected chi connectivity index (χ1v) is 7.81. The third-order valence-electron chi connectivity index (χ3n) is 3.06. The maximum absolute atomic E-state index is 11.5. The van der Waals surface area contributed by atoms with Crippen LogP contribution in [0.25, 0.3) is 0 Å². The van der Waals surface area contributed by atoms with Gasteiger partial charge in [-0.1, -0.05) is 33.1 Å². The van der Waals surface area contributed by atoms with E-state index >= 15 is 0 Å². The standard InChI is InChI=1S/C17H26N2O2/c1-3-5-7-8-17(20)19-18-14-15-9-11-16(12-10-15)21-13-6-4-2/h9-12,14H,3-8,13H2,1-2H3,(H,19,20)/b18-14+. The molecule has 0 atom stereocenters. The summed E-state index contributed by atoms with van der Waals surface area (Å²) < 4.78 is 5.58. The molecule has 1 aromatic carbocycles. The van der Waals surface area contributed by atoms with E-state index in [2.05, 4.69) is 24.4 Å². The summed E-state index contributed by atoms with van der Waals surface area (Å²) in [6, 6.07) is 7.68. The lowest BCUT2D eigenvalue weighted by Crippen LogP contribution is -2.16. The quantitative estimate of drug-likeness (QED) is 0.404. The zero-order valence-corrected chi connectivity index (χ0v) is 13.1. The van der Waals surface area contributed by atoms with Gasteiger partial charge >= 0.3 is 0 Å². The highest BCUT2D eigenvalue weighted by Gasteiger charge is 1.98. The molecule has 0 heterocycles. The van der Waals surface area contributed by atoms with Gasteiger partial charge in [-0.15, -0.1) is 0 Å². The Labute approximate surface area is 127 Å². The van der Waals surface area contributed by atoms with Gasteiger partial charge in [0.25, 0.3) is 0 Å². The Hall–Kier alpha value is -1.84. The average molecular weight is 290 g/mol. The average Bonchev–Trinajstić information content (AvgIpc) is 2.49. The molecule has 116 valence electrons. The van der Waals surface area contributed by atoms with Gasteiger partial charge in [0.15, 0.2) is 0 Å². The lowest BCUT2D eigenvalue weighted by Gasteiger charge is -2.04. The van der Waals surface area contributed by atoms with Crippen molar-refractivity contribution in [2.45, 2.75) is 52.4 Å². The van der Waals surface area contributed by atoms with Gasteiger partial charge in [0.1, 0.15) is 5.75 Å². The van der Waals surface area contributed by atoms with Crippen LogP contribution in [0.2, 0.25) is 0 Å². The smallest absolute Gasteiger partial charge is 0.240 e. The third kappa shape index (κ3) is 8.12. The van der Waals surface area contributed by atoms with E-state index in [0.29, 0.717) is 6.42 Å². The number of nitrogens with one attached hydrogen (secondary N) is 1. The van der Waals surface area contributed by atoms with E-state index < -0.39 is 0 Å². The minimum Gasteiger partial charge on any atom is -0.494 e. The topological polar surface area (TPSA) is 50.7 Å². The number of hydrazone groups is 1. The fraction of sp³-hybridized carbons (Fsp3) is 0.529. The summed E-state index contributed by atoms with van der Waals surface area (Å²) in [5, 5.41) is 3.96. The molecule has 0 aliphatic heterocycles. The second-order valence-corrected chi connectivity index (χ2v) is 5.02. The van der Waals surface area contributed by atoms with Gasteiger partial charge in [-0.2, -0.15) is 5.10 Å². The summed E-state index contributed by atoms with van der Waals surface area (Å²) >= 11 is 0. The van der Waals surface area contributed by atoms with Crippen LogP contribution >= 0.6 is 0 Å². The summed E-state index contributed by atoms with van der Waals surface area (Å²) in [7, 11) is 0. The van der Waals surface area contributed by atoms with Gasteiger partial charge in [-0.05, 0) is 42.7 Å². The highest BCUT2D eigenvalue weighted by atomic mass is 16.5. The molecular weight excluding hydrogens is 264 g/mol. The van der Waals surface area contributed by atoms with Crippen molar-refractivity contribution in [2.24, 2.45) is 5.10 Å². The number of nitrogens with zero attached hydrogens (tertiary/aromatic N) is 1. The van der Waals surface area contributed by atoms with E-state index in [0.717, 1.165) is 50.0 Å². The zero-order chi connectivity index (χ0) is 15.3. The summed E-state index contributed by atoms with van der Waals surface area (Å²) in [6.07, 6.45) is 7.49. The Morgan fingerprint density at radius 3 is 2.52 bits per heavy atom. The van der Waals surface area contributed by atoms with E-state index in [-0.39, 0.29) is 5.91 Å². The fourth-order valence-electron chi connectivity index (χ4n) is 1.75. The van der Waals surface area contributed by atoms with Crippen molar-refractivity contribution in [3.63, 3.8) is 0 Å². The SMILES string of the molecule is CCCCCC(=O)N/N=C/c1ccc(OCCCC)cc1. The number of unbranched alkanes of at least 4 members (excludes halogenated alkanes) is 3. The molecule has 0 fully saturated rings. The van der Waals surface area contributed by atoms with Crippen LogP contribution in [0.4, 0.5) is 0 Å². The predicted octanol–water partition coefficient (Wildman–Crippen LogP) is 3.90. The number of ether oxygens (including phenoxy) is 1. The minimum atomic E-state index is -0.0285. The molecule has 0 radical (unpaired) electrons. The van der Waals surface area contributed by atoms with Crippen LogP contribution in [0.1, 0.15) is 57.9 Å². The van der Waals surface area contributed by atoms with E-state index in [1.54, 1.807) is 6.21 Å². The third-order valence-corrected chi connectivity index (χ3v) is 3.06. The van der Waals surface area contributed by atoms with Gasteiger partial charge in [0.2, 0.25) is 5.91 Å². The molecule has 0 aromatic heterocycles. The van der Waals surface area contributed by atoms with Crippen molar-refractivity contribution in [1.82, 2.24) is 5.43 Å². The van der Waals surface area contributed by atoms with Gasteiger partial charge < -0.3 is 4.74 Å². The first-order valence-electron chi connectivity index (χ1n) is 7.81. The molecule has 0 saturated carbocycles. The van der Waals surface area contributed by atoms with E-state index in [1.165, 1.54) is 0 Å². The normalized spacial score (nSPS) is 10.8. The molecule has 0 saturated heterocycles. The molecule has 0 aliphatic rings. The summed E-state index contributed by atoms with van der Waals surface area (Å²) in [5.41, 5.74) is 3.48. The van der Waals surface area contributed by atoms with Crippen molar-refractivity contribution in [3.05, 3.63) is 29.8 Å². The number of carbonyl (C=O) groups is 1. The largest absolute Gasteiger partial charge is 0.494 e. The maximum atomic E-state index is 11.5. The molecule has 0 spiro atoms. The predicted molar refractivity (Wildman–Crippen MR) is 86.7 cm³/mol.